The molecule has 0 saturated carbocycles. The van der Waals surface area contributed by atoms with E-state index in [1.807, 2.05) is 12.1 Å². The smallest absolute Gasteiger partial charge is 0.0595 e. The Labute approximate surface area is 121 Å². The first kappa shape index (κ1) is 15.8. The van der Waals surface area contributed by atoms with E-state index in [9.17, 15) is 0 Å². The summed E-state index contributed by atoms with van der Waals surface area (Å²) in [6.45, 7) is 9.77. The van der Waals surface area contributed by atoms with Gasteiger partial charge in [0.15, 0.2) is 0 Å². The molecule has 1 aromatic carbocycles. The molecule has 0 radical (unpaired) electrons. The van der Waals surface area contributed by atoms with E-state index in [2.05, 4.69) is 39.1 Å². The third kappa shape index (κ3) is 3.63. The second kappa shape index (κ2) is 6.79. The van der Waals surface area contributed by atoms with Gasteiger partial charge in [-0.2, -0.15) is 0 Å². The van der Waals surface area contributed by atoms with Crippen LogP contribution in [0, 0.1) is 0 Å². The zero-order chi connectivity index (χ0) is 13.8. The molecular formula is C15H23Cl2N. The Balaban J connectivity index is 3.05. The van der Waals surface area contributed by atoms with E-state index in [0.29, 0.717) is 16.1 Å². The molecule has 1 aromatic rings. The highest BCUT2D eigenvalue weighted by Gasteiger charge is 2.28. The van der Waals surface area contributed by atoms with Gasteiger partial charge in [-0.15, -0.1) is 0 Å². The van der Waals surface area contributed by atoms with Crippen molar-refractivity contribution in [1.29, 1.82) is 0 Å². The van der Waals surface area contributed by atoms with Gasteiger partial charge in [-0.05, 0) is 30.5 Å². The van der Waals surface area contributed by atoms with Crippen molar-refractivity contribution in [3.8, 4) is 0 Å². The van der Waals surface area contributed by atoms with Crippen molar-refractivity contribution in [2.45, 2.75) is 52.0 Å². The first-order valence-corrected chi connectivity index (χ1v) is 7.39. The van der Waals surface area contributed by atoms with Crippen LogP contribution in [0.2, 0.25) is 10.0 Å². The van der Waals surface area contributed by atoms with Crippen LogP contribution in [0.25, 0.3) is 0 Å². The van der Waals surface area contributed by atoms with Gasteiger partial charge in [0.25, 0.3) is 0 Å². The van der Waals surface area contributed by atoms with Gasteiger partial charge >= 0.3 is 0 Å². The van der Waals surface area contributed by atoms with Crippen molar-refractivity contribution in [3.05, 3.63) is 33.8 Å². The summed E-state index contributed by atoms with van der Waals surface area (Å²) in [7, 11) is 0. The van der Waals surface area contributed by atoms with Gasteiger partial charge in [-0.25, -0.2) is 0 Å². The van der Waals surface area contributed by atoms with Crippen LogP contribution in [0.1, 0.15) is 46.1 Å². The van der Waals surface area contributed by atoms with Gasteiger partial charge < -0.3 is 5.32 Å². The fourth-order valence-corrected chi connectivity index (χ4v) is 2.53. The molecule has 0 amide bonds. The van der Waals surface area contributed by atoms with Crippen LogP contribution in [0.3, 0.4) is 0 Å². The Morgan fingerprint density at radius 2 is 1.72 bits per heavy atom. The molecule has 18 heavy (non-hydrogen) atoms. The Morgan fingerprint density at radius 1 is 1.11 bits per heavy atom. The van der Waals surface area contributed by atoms with E-state index >= 15 is 0 Å². The fraction of sp³-hybridized carbons (Fsp3) is 0.600. The van der Waals surface area contributed by atoms with Gasteiger partial charge in [0.1, 0.15) is 0 Å². The predicted molar refractivity (Wildman–Crippen MR) is 81.9 cm³/mol. The molecule has 0 spiro atoms. The third-order valence-electron chi connectivity index (χ3n) is 3.73. The minimum atomic E-state index is 0.137. The molecule has 0 unspecified atom stereocenters. The summed E-state index contributed by atoms with van der Waals surface area (Å²) in [6.07, 6.45) is 2.17. The van der Waals surface area contributed by atoms with Crippen LogP contribution >= 0.6 is 23.2 Å². The third-order valence-corrected chi connectivity index (χ3v) is 4.47. The van der Waals surface area contributed by atoms with Crippen molar-refractivity contribution in [1.82, 2.24) is 5.32 Å². The molecule has 0 aliphatic carbocycles. The molecule has 0 heterocycles. The SMILES string of the molecule is CCC(CC)(CNC(C)C)c1ccc(Cl)c(Cl)c1. The summed E-state index contributed by atoms with van der Waals surface area (Å²) in [5, 5.41) is 4.81. The summed E-state index contributed by atoms with van der Waals surface area (Å²) < 4.78 is 0. The lowest BCUT2D eigenvalue weighted by molar-refractivity contribution is 0.355. The number of hydrogen-bond acceptors (Lipinski definition) is 1. The Hall–Kier alpha value is -0.240. The average Bonchev–Trinajstić information content (AvgIpc) is 2.35. The van der Waals surface area contributed by atoms with Crippen molar-refractivity contribution in [2.75, 3.05) is 6.54 Å². The number of nitrogens with one attached hydrogen (secondary N) is 1. The molecule has 1 nitrogen and oxygen atoms in total. The van der Waals surface area contributed by atoms with Gasteiger partial charge in [0.2, 0.25) is 0 Å². The standard InChI is InChI=1S/C15H23Cl2N/c1-5-15(6-2,10-18-11(3)4)12-7-8-13(16)14(17)9-12/h7-9,11,18H,5-6,10H2,1-4H3. The normalized spacial score (nSPS) is 12.2. The molecule has 0 bridgehead atoms. The van der Waals surface area contributed by atoms with Crippen molar-refractivity contribution < 1.29 is 0 Å². The van der Waals surface area contributed by atoms with E-state index in [0.717, 1.165) is 19.4 Å². The summed E-state index contributed by atoms with van der Waals surface area (Å²) in [5.41, 5.74) is 1.41. The van der Waals surface area contributed by atoms with Crippen LogP contribution in [0.5, 0.6) is 0 Å². The zero-order valence-corrected chi connectivity index (χ0v) is 13.2. The molecule has 1 rings (SSSR count). The van der Waals surface area contributed by atoms with E-state index in [4.69, 9.17) is 23.2 Å². The topological polar surface area (TPSA) is 12.0 Å². The van der Waals surface area contributed by atoms with Crippen molar-refractivity contribution in [3.63, 3.8) is 0 Å². The van der Waals surface area contributed by atoms with Crippen LogP contribution in [0.4, 0.5) is 0 Å². The largest absolute Gasteiger partial charge is 0.314 e. The monoisotopic (exact) mass is 287 g/mol. The number of benzene rings is 1. The molecule has 1 N–H and O–H groups in total. The number of hydrogen-bond donors (Lipinski definition) is 1. The lowest BCUT2D eigenvalue weighted by Gasteiger charge is -2.34. The highest BCUT2D eigenvalue weighted by Crippen LogP contribution is 2.34. The highest BCUT2D eigenvalue weighted by molar-refractivity contribution is 6.42. The van der Waals surface area contributed by atoms with Crippen molar-refractivity contribution >= 4 is 23.2 Å². The van der Waals surface area contributed by atoms with Gasteiger partial charge in [0.05, 0.1) is 10.0 Å². The maximum absolute atomic E-state index is 6.14. The summed E-state index contributed by atoms with van der Waals surface area (Å²) in [5.74, 6) is 0. The molecule has 0 aliphatic heterocycles. The molecule has 102 valence electrons. The van der Waals surface area contributed by atoms with E-state index in [1.54, 1.807) is 0 Å². The van der Waals surface area contributed by atoms with E-state index in [-0.39, 0.29) is 5.41 Å². The second-order valence-corrected chi connectivity index (χ2v) is 5.97. The predicted octanol–water partition coefficient (Wildman–Crippen LogP) is 5.05. The maximum Gasteiger partial charge on any atom is 0.0595 e. The molecule has 0 fully saturated rings. The Kier molecular flexibility index (Phi) is 5.97. The Bertz CT molecular complexity index is 384. The van der Waals surface area contributed by atoms with E-state index in [1.165, 1.54) is 5.56 Å². The zero-order valence-electron chi connectivity index (χ0n) is 11.7. The summed E-state index contributed by atoms with van der Waals surface area (Å²) in [4.78, 5) is 0. The van der Waals surface area contributed by atoms with Gasteiger partial charge in [-0.1, -0.05) is 57.0 Å². The molecule has 0 aromatic heterocycles. The van der Waals surface area contributed by atoms with Crippen LogP contribution in [0.15, 0.2) is 18.2 Å². The molecule has 0 atom stereocenters. The minimum absolute atomic E-state index is 0.137. The number of halogens is 2. The van der Waals surface area contributed by atoms with Crippen LogP contribution < -0.4 is 5.32 Å². The molecular weight excluding hydrogens is 265 g/mol. The molecule has 0 saturated heterocycles. The highest BCUT2D eigenvalue weighted by atomic mass is 35.5. The maximum atomic E-state index is 6.14. The van der Waals surface area contributed by atoms with Crippen LogP contribution in [-0.2, 0) is 5.41 Å². The average molecular weight is 288 g/mol. The first-order valence-electron chi connectivity index (χ1n) is 6.64. The second-order valence-electron chi connectivity index (χ2n) is 5.15. The van der Waals surface area contributed by atoms with E-state index < -0.39 is 0 Å². The van der Waals surface area contributed by atoms with Crippen molar-refractivity contribution in [2.24, 2.45) is 0 Å². The minimum Gasteiger partial charge on any atom is -0.314 e. The number of rotatable bonds is 6. The van der Waals surface area contributed by atoms with Gasteiger partial charge in [0, 0.05) is 18.0 Å². The summed E-state index contributed by atoms with van der Waals surface area (Å²) >= 11 is 12.1. The molecule has 0 aliphatic rings. The fourth-order valence-electron chi connectivity index (χ4n) is 2.24. The van der Waals surface area contributed by atoms with Gasteiger partial charge in [-0.3, -0.25) is 0 Å². The Morgan fingerprint density at radius 3 is 2.17 bits per heavy atom. The quantitative estimate of drug-likeness (QED) is 0.772. The lowest BCUT2D eigenvalue weighted by atomic mass is 9.75. The van der Waals surface area contributed by atoms with Crippen LogP contribution in [-0.4, -0.2) is 12.6 Å². The lowest BCUT2D eigenvalue weighted by Crippen LogP contribution is -2.40. The first-order chi connectivity index (χ1) is 8.45. The molecule has 3 heteroatoms. The summed E-state index contributed by atoms with van der Waals surface area (Å²) in [6, 6.07) is 6.50.